The van der Waals surface area contributed by atoms with Crippen molar-refractivity contribution in [3.8, 4) is 0 Å². The molecule has 1 amide bonds. The summed E-state index contributed by atoms with van der Waals surface area (Å²) in [6.45, 7) is 4.01. The molecule has 0 aliphatic heterocycles. The van der Waals surface area contributed by atoms with Gasteiger partial charge in [0.05, 0.1) is 16.5 Å². The number of carbonyl (C=O) groups is 1. The number of amides is 1. The molecule has 0 aliphatic carbocycles. The highest BCUT2D eigenvalue weighted by Crippen LogP contribution is 2.22. The van der Waals surface area contributed by atoms with Crippen molar-refractivity contribution >= 4 is 22.5 Å². The molecular formula is C14H18N4O4. The van der Waals surface area contributed by atoms with Crippen molar-refractivity contribution in [1.29, 1.82) is 0 Å². The number of carbonyl (C=O) groups excluding carboxylic acids is 1. The first-order valence-corrected chi connectivity index (χ1v) is 6.97. The van der Waals surface area contributed by atoms with E-state index in [0.717, 1.165) is 0 Å². The summed E-state index contributed by atoms with van der Waals surface area (Å²) >= 11 is 0. The van der Waals surface area contributed by atoms with E-state index in [2.05, 4.69) is 15.5 Å². The van der Waals surface area contributed by atoms with Crippen molar-refractivity contribution in [2.24, 2.45) is 5.92 Å². The van der Waals surface area contributed by atoms with E-state index < -0.39 is 16.9 Å². The number of H-pyrrole nitrogens is 1. The molecule has 0 radical (unpaired) electrons. The summed E-state index contributed by atoms with van der Waals surface area (Å²) in [6.07, 6.45) is 0.147. The van der Waals surface area contributed by atoms with Crippen LogP contribution in [-0.2, 0) is 0 Å². The number of hydrogen-bond donors (Lipinski definition) is 3. The van der Waals surface area contributed by atoms with Crippen LogP contribution in [0.3, 0.4) is 0 Å². The zero-order valence-corrected chi connectivity index (χ0v) is 12.4. The molecule has 1 heterocycles. The Hall–Kier alpha value is -2.48. The predicted molar refractivity (Wildman–Crippen MR) is 80.5 cm³/mol. The topological polar surface area (TPSA) is 121 Å². The maximum absolute atomic E-state index is 12.2. The standard InChI is InChI=1S/C14H18N4O4/c1-8(5-9(2)19)7-15-14(20)13-11-6-10(18(21)22)3-4-12(11)16-17-13/h3-4,6,8-9,19H,5,7H2,1-2H3,(H,15,20)(H,16,17). The lowest BCUT2D eigenvalue weighted by atomic mass is 10.0. The molecule has 2 atom stereocenters. The second-order valence-corrected chi connectivity index (χ2v) is 5.46. The SMILES string of the molecule is CC(O)CC(C)CNC(=O)c1n[nH]c2ccc([N+](=O)[O-])cc12. The van der Waals surface area contributed by atoms with Crippen molar-refractivity contribution < 1.29 is 14.8 Å². The third kappa shape index (κ3) is 3.59. The summed E-state index contributed by atoms with van der Waals surface area (Å²) < 4.78 is 0. The average molecular weight is 306 g/mol. The van der Waals surface area contributed by atoms with Crippen LogP contribution in [0, 0.1) is 16.0 Å². The Balaban J connectivity index is 2.14. The van der Waals surface area contributed by atoms with Crippen LogP contribution in [0.5, 0.6) is 0 Å². The van der Waals surface area contributed by atoms with Crippen LogP contribution in [0.15, 0.2) is 18.2 Å². The van der Waals surface area contributed by atoms with Crippen molar-refractivity contribution in [2.75, 3.05) is 6.54 Å². The Morgan fingerprint density at radius 1 is 1.50 bits per heavy atom. The van der Waals surface area contributed by atoms with E-state index in [1.54, 1.807) is 6.92 Å². The van der Waals surface area contributed by atoms with Gasteiger partial charge in [0.15, 0.2) is 5.69 Å². The lowest BCUT2D eigenvalue weighted by molar-refractivity contribution is -0.384. The number of non-ortho nitro benzene ring substituents is 1. The van der Waals surface area contributed by atoms with Crippen LogP contribution in [0.25, 0.3) is 10.9 Å². The van der Waals surface area contributed by atoms with Crippen LogP contribution in [0.1, 0.15) is 30.8 Å². The van der Waals surface area contributed by atoms with Gasteiger partial charge in [-0.3, -0.25) is 20.0 Å². The van der Waals surface area contributed by atoms with Crippen LogP contribution in [-0.4, -0.2) is 38.8 Å². The molecule has 1 aromatic heterocycles. The highest BCUT2D eigenvalue weighted by atomic mass is 16.6. The summed E-state index contributed by atoms with van der Waals surface area (Å²) in [5.41, 5.74) is 0.598. The largest absolute Gasteiger partial charge is 0.393 e. The van der Waals surface area contributed by atoms with Gasteiger partial charge in [0.25, 0.3) is 11.6 Å². The van der Waals surface area contributed by atoms with Crippen LogP contribution in [0.4, 0.5) is 5.69 Å². The number of hydrogen-bond acceptors (Lipinski definition) is 5. The molecule has 22 heavy (non-hydrogen) atoms. The van der Waals surface area contributed by atoms with E-state index in [1.165, 1.54) is 18.2 Å². The van der Waals surface area contributed by atoms with Crippen molar-refractivity contribution in [3.05, 3.63) is 34.0 Å². The maximum atomic E-state index is 12.2. The number of nitrogens with zero attached hydrogens (tertiary/aromatic N) is 2. The number of aliphatic hydroxyl groups is 1. The summed E-state index contributed by atoms with van der Waals surface area (Å²) in [5, 5.41) is 29.9. The molecule has 2 unspecified atom stereocenters. The molecule has 8 heteroatoms. The second kappa shape index (κ2) is 6.52. The Labute approximate surface area is 126 Å². The molecule has 0 fully saturated rings. The van der Waals surface area contributed by atoms with Crippen molar-refractivity contribution in [2.45, 2.75) is 26.4 Å². The fraction of sp³-hybridized carbons (Fsp3) is 0.429. The number of benzene rings is 1. The zero-order valence-electron chi connectivity index (χ0n) is 12.4. The van der Waals surface area contributed by atoms with Crippen LogP contribution < -0.4 is 5.32 Å². The fourth-order valence-corrected chi connectivity index (χ4v) is 2.30. The first-order valence-electron chi connectivity index (χ1n) is 6.97. The minimum Gasteiger partial charge on any atom is -0.393 e. The molecule has 1 aromatic carbocycles. The molecular weight excluding hydrogens is 288 g/mol. The molecule has 8 nitrogen and oxygen atoms in total. The van der Waals surface area contributed by atoms with Gasteiger partial charge in [-0.05, 0) is 25.3 Å². The van der Waals surface area contributed by atoms with Gasteiger partial charge in [-0.2, -0.15) is 5.10 Å². The van der Waals surface area contributed by atoms with E-state index >= 15 is 0 Å². The lowest BCUT2D eigenvalue weighted by Crippen LogP contribution is -2.29. The third-order valence-electron chi connectivity index (χ3n) is 3.33. The molecule has 2 rings (SSSR count). The Morgan fingerprint density at radius 3 is 2.86 bits per heavy atom. The van der Waals surface area contributed by atoms with Crippen molar-refractivity contribution in [1.82, 2.24) is 15.5 Å². The molecule has 3 N–H and O–H groups in total. The normalized spacial score (nSPS) is 13.8. The maximum Gasteiger partial charge on any atom is 0.272 e. The summed E-state index contributed by atoms with van der Waals surface area (Å²) in [6, 6.07) is 4.20. The van der Waals surface area contributed by atoms with Crippen molar-refractivity contribution in [3.63, 3.8) is 0 Å². The highest BCUT2D eigenvalue weighted by molar-refractivity contribution is 6.05. The average Bonchev–Trinajstić information content (AvgIpc) is 2.86. The molecule has 2 aromatic rings. The first kappa shape index (κ1) is 15.9. The quantitative estimate of drug-likeness (QED) is 0.553. The van der Waals surface area contributed by atoms with E-state index in [4.69, 9.17) is 0 Å². The van der Waals surface area contributed by atoms with Gasteiger partial charge in [0.2, 0.25) is 0 Å². The van der Waals surface area contributed by atoms with E-state index in [-0.39, 0.29) is 17.3 Å². The number of nitro groups is 1. The van der Waals surface area contributed by atoms with E-state index in [0.29, 0.717) is 23.9 Å². The molecule has 0 spiro atoms. The number of aliphatic hydroxyl groups excluding tert-OH is 1. The van der Waals surface area contributed by atoms with E-state index in [1.807, 2.05) is 6.92 Å². The number of aromatic amines is 1. The minimum atomic E-state index is -0.515. The first-order chi connectivity index (χ1) is 10.4. The number of aromatic nitrogens is 2. The Kier molecular flexibility index (Phi) is 4.71. The lowest BCUT2D eigenvalue weighted by Gasteiger charge is -2.13. The monoisotopic (exact) mass is 306 g/mol. The Bertz CT molecular complexity index is 695. The number of nitro benzene ring substituents is 1. The van der Waals surface area contributed by atoms with Gasteiger partial charge in [0.1, 0.15) is 0 Å². The summed E-state index contributed by atoms with van der Waals surface area (Å²) in [4.78, 5) is 22.5. The zero-order chi connectivity index (χ0) is 16.3. The summed E-state index contributed by atoms with van der Waals surface area (Å²) in [7, 11) is 0. The molecule has 0 saturated heterocycles. The fourth-order valence-electron chi connectivity index (χ4n) is 2.30. The van der Waals surface area contributed by atoms with Gasteiger partial charge in [-0.25, -0.2) is 0 Å². The van der Waals surface area contributed by atoms with E-state index in [9.17, 15) is 20.0 Å². The molecule has 0 aliphatic rings. The Morgan fingerprint density at radius 2 is 2.23 bits per heavy atom. The third-order valence-corrected chi connectivity index (χ3v) is 3.33. The second-order valence-electron chi connectivity index (χ2n) is 5.46. The molecule has 0 bridgehead atoms. The summed E-state index contributed by atoms with van der Waals surface area (Å²) in [5.74, 6) is -0.285. The molecule has 0 saturated carbocycles. The van der Waals surface area contributed by atoms with Gasteiger partial charge in [0, 0.05) is 24.1 Å². The van der Waals surface area contributed by atoms with Gasteiger partial charge in [-0.1, -0.05) is 6.92 Å². The molecule has 118 valence electrons. The van der Waals surface area contributed by atoms with Crippen LogP contribution in [0.2, 0.25) is 0 Å². The van der Waals surface area contributed by atoms with Gasteiger partial charge < -0.3 is 10.4 Å². The number of rotatable bonds is 6. The minimum absolute atomic E-state index is 0.0922. The number of nitrogens with one attached hydrogen (secondary N) is 2. The van der Waals surface area contributed by atoms with Crippen LogP contribution >= 0.6 is 0 Å². The number of fused-ring (bicyclic) bond motifs is 1. The van der Waals surface area contributed by atoms with Gasteiger partial charge in [-0.15, -0.1) is 0 Å². The van der Waals surface area contributed by atoms with Gasteiger partial charge >= 0.3 is 0 Å². The highest BCUT2D eigenvalue weighted by Gasteiger charge is 2.18. The predicted octanol–water partition coefficient (Wildman–Crippen LogP) is 1.61. The smallest absolute Gasteiger partial charge is 0.272 e.